The van der Waals surface area contributed by atoms with Gasteiger partial charge in [-0.15, -0.1) is 11.8 Å². The van der Waals surface area contributed by atoms with Gasteiger partial charge in [0.1, 0.15) is 5.76 Å². The lowest BCUT2D eigenvalue weighted by atomic mass is 10.1. The molecule has 1 aliphatic heterocycles. The number of amides is 2. The normalized spacial score (nSPS) is 13.8. The van der Waals surface area contributed by atoms with Crippen LogP contribution in [0.3, 0.4) is 0 Å². The van der Waals surface area contributed by atoms with Gasteiger partial charge >= 0.3 is 0 Å². The molecule has 0 aliphatic carbocycles. The first-order chi connectivity index (χ1) is 15.5. The van der Waals surface area contributed by atoms with Gasteiger partial charge in [-0.2, -0.15) is 0 Å². The van der Waals surface area contributed by atoms with Crippen molar-refractivity contribution >= 4 is 29.1 Å². The number of ether oxygens (including phenoxy) is 2. The fourth-order valence-electron chi connectivity index (χ4n) is 3.49. The number of imide groups is 1. The second-order valence-electron chi connectivity index (χ2n) is 7.32. The topological polar surface area (TPSA) is 69.0 Å². The van der Waals surface area contributed by atoms with E-state index in [1.807, 2.05) is 37.3 Å². The fourth-order valence-corrected chi connectivity index (χ4v) is 4.53. The number of methoxy groups -OCH3 is 2. The van der Waals surface area contributed by atoms with E-state index in [0.29, 0.717) is 33.3 Å². The van der Waals surface area contributed by atoms with E-state index in [1.54, 1.807) is 37.6 Å². The molecule has 0 radical (unpaired) electrons. The third-order valence-corrected chi connectivity index (χ3v) is 6.29. The van der Waals surface area contributed by atoms with Crippen LogP contribution in [0, 0.1) is 6.92 Å². The summed E-state index contributed by atoms with van der Waals surface area (Å²) in [5.74, 6) is 1.57. The van der Waals surface area contributed by atoms with Crippen molar-refractivity contribution in [1.82, 2.24) is 4.90 Å². The number of carbonyl (C=O) groups is 2. The molecule has 2 amide bonds. The monoisotopic (exact) mass is 449 g/mol. The Morgan fingerprint density at radius 1 is 0.938 bits per heavy atom. The summed E-state index contributed by atoms with van der Waals surface area (Å²) >= 11 is 1.30. The Hall–Kier alpha value is -3.45. The molecule has 0 saturated heterocycles. The van der Waals surface area contributed by atoms with Crippen LogP contribution in [0.15, 0.2) is 70.2 Å². The first kappa shape index (κ1) is 21.8. The van der Waals surface area contributed by atoms with Crippen molar-refractivity contribution in [3.8, 4) is 11.5 Å². The fraction of sp³-hybridized carbons (Fsp3) is 0.200. The summed E-state index contributed by atoms with van der Waals surface area (Å²) in [7, 11) is 3.09. The average molecular weight is 450 g/mol. The van der Waals surface area contributed by atoms with Gasteiger partial charge in [-0.05, 0) is 42.3 Å². The molecule has 1 aromatic heterocycles. The summed E-state index contributed by atoms with van der Waals surface area (Å²) < 4.78 is 16.1. The van der Waals surface area contributed by atoms with Crippen LogP contribution in [0.25, 0.3) is 5.57 Å². The molecule has 0 N–H and O–H groups in total. The van der Waals surface area contributed by atoms with Crippen LogP contribution in [-0.4, -0.2) is 30.9 Å². The Morgan fingerprint density at radius 3 is 2.34 bits per heavy atom. The Labute approximate surface area is 190 Å². The van der Waals surface area contributed by atoms with Gasteiger partial charge in [0, 0.05) is 0 Å². The maximum absolute atomic E-state index is 13.5. The minimum atomic E-state index is -0.329. The zero-order chi connectivity index (χ0) is 22.7. The number of hydrogen-bond acceptors (Lipinski definition) is 6. The van der Waals surface area contributed by atoms with E-state index in [-0.39, 0.29) is 18.4 Å². The highest BCUT2D eigenvalue weighted by atomic mass is 32.2. The van der Waals surface area contributed by atoms with Gasteiger partial charge in [0.25, 0.3) is 11.8 Å². The van der Waals surface area contributed by atoms with Crippen LogP contribution in [0.1, 0.15) is 22.5 Å². The quantitative estimate of drug-likeness (QED) is 0.460. The highest BCUT2D eigenvalue weighted by Gasteiger charge is 2.39. The maximum atomic E-state index is 13.5. The second-order valence-corrected chi connectivity index (χ2v) is 8.31. The summed E-state index contributed by atoms with van der Waals surface area (Å²) in [6.07, 6.45) is 1.59. The molecule has 0 saturated carbocycles. The first-order valence-corrected chi connectivity index (χ1v) is 11.0. The largest absolute Gasteiger partial charge is 0.493 e. The van der Waals surface area contributed by atoms with Crippen molar-refractivity contribution in [3.05, 3.63) is 88.2 Å². The number of furan rings is 1. The van der Waals surface area contributed by atoms with Gasteiger partial charge in [0.15, 0.2) is 11.5 Å². The lowest BCUT2D eigenvalue weighted by Crippen LogP contribution is -2.30. The molecule has 2 heterocycles. The maximum Gasteiger partial charge on any atom is 0.268 e. The lowest BCUT2D eigenvalue weighted by molar-refractivity contribution is -0.137. The highest BCUT2D eigenvalue weighted by Crippen LogP contribution is 2.40. The third kappa shape index (κ3) is 4.29. The molecule has 3 aromatic rings. The predicted molar refractivity (Wildman–Crippen MR) is 123 cm³/mol. The number of carbonyl (C=O) groups excluding carboxylic acids is 2. The Kier molecular flexibility index (Phi) is 6.37. The van der Waals surface area contributed by atoms with E-state index < -0.39 is 0 Å². The highest BCUT2D eigenvalue weighted by molar-refractivity contribution is 8.03. The number of nitrogens with zero attached hydrogens (tertiary/aromatic N) is 1. The van der Waals surface area contributed by atoms with E-state index in [0.717, 1.165) is 16.9 Å². The van der Waals surface area contributed by atoms with Gasteiger partial charge in [-0.25, -0.2) is 0 Å². The standard InChI is InChI=1S/C25H23NO5S/c1-16-6-8-17(9-7-16)14-26-24(27)22(18-10-11-20(29-2)21(13-18)30-3)23(25(26)28)32-15-19-5-4-12-31-19/h4-13H,14-15H2,1-3H3. The molecule has 2 aromatic carbocycles. The number of aryl methyl sites for hydroxylation is 1. The van der Waals surface area contributed by atoms with Crippen LogP contribution in [0.4, 0.5) is 0 Å². The van der Waals surface area contributed by atoms with Crippen LogP contribution < -0.4 is 9.47 Å². The molecule has 0 bridgehead atoms. The van der Waals surface area contributed by atoms with Crippen molar-refractivity contribution in [2.24, 2.45) is 0 Å². The van der Waals surface area contributed by atoms with E-state index in [2.05, 4.69) is 0 Å². The van der Waals surface area contributed by atoms with E-state index in [9.17, 15) is 9.59 Å². The number of hydrogen-bond donors (Lipinski definition) is 0. The van der Waals surface area contributed by atoms with Gasteiger partial charge in [-0.3, -0.25) is 14.5 Å². The molecular formula is C25H23NO5S. The van der Waals surface area contributed by atoms with E-state index >= 15 is 0 Å². The average Bonchev–Trinajstić information content (AvgIpc) is 3.41. The molecule has 0 fully saturated rings. The van der Waals surface area contributed by atoms with Crippen LogP contribution in [-0.2, 0) is 21.9 Å². The second kappa shape index (κ2) is 9.36. The first-order valence-electron chi connectivity index (χ1n) is 10.1. The van der Waals surface area contributed by atoms with E-state index in [1.165, 1.54) is 23.8 Å². The summed E-state index contributed by atoms with van der Waals surface area (Å²) in [6.45, 7) is 2.20. The summed E-state index contributed by atoms with van der Waals surface area (Å²) in [4.78, 5) is 28.5. The zero-order valence-corrected chi connectivity index (χ0v) is 18.9. The van der Waals surface area contributed by atoms with Crippen LogP contribution >= 0.6 is 11.8 Å². The SMILES string of the molecule is COc1ccc(C2=C(SCc3ccco3)C(=O)N(Cc3ccc(C)cc3)C2=O)cc1OC. The van der Waals surface area contributed by atoms with Gasteiger partial charge in [0.2, 0.25) is 0 Å². The molecule has 7 heteroatoms. The summed E-state index contributed by atoms with van der Waals surface area (Å²) in [6, 6.07) is 16.7. The molecular weight excluding hydrogens is 426 g/mol. The Morgan fingerprint density at radius 2 is 1.69 bits per heavy atom. The molecule has 0 atom stereocenters. The van der Waals surface area contributed by atoms with Gasteiger partial charge < -0.3 is 13.9 Å². The third-order valence-electron chi connectivity index (χ3n) is 5.20. The van der Waals surface area contributed by atoms with Gasteiger partial charge in [0.05, 0.1) is 43.3 Å². The van der Waals surface area contributed by atoms with Crippen LogP contribution in [0.2, 0.25) is 0 Å². The van der Waals surface area contributed by atoms with Crippen molar-refractivity contribution < 1.29 is 23.5 Å². The summed E-state index contributed by atoms with van der Waals surface area (Å²) in [5, 5.41) is 0. The molecule has 1 aliphatic rings. The smallest absolute Gasteiger partial charge is 0.268 e. The number of rotatable bonds is 8. The van der Waals surface area contributed by atoms with Crippen molar-refractivity contribution in [3.63, 3.8) is 0 Å². The minimum Gasteiger partial charge on any atom is -0.493 e. The molecule has 164 valence electrons. The molecule has 0 unspecified atom stereocenters. The molecule has 4 rings (SSSR count). The van der Waals surface area contributed by atoms with E-state index in [4.69, 9.17) is 13.9 Å². The number of thioether (sulfide) groups is 1. The van der Waals surface area contributed by atoms with Crippen molar-refractivity contribution in [1.29, 1.82) is 0 Å². The Bertz CT molecular complexity index is 1170. The minimum absolute atomic E-state index is 0.208. The number of benzene rings is 2. The molecule has 0 spiro atoms. The predicted octanol–water partition coefficient (Wildman–Crippen LogP) is 4.82. The zero-order valence-electron chi connectivity index (χ0n) is 18.1. The van der Waals surface area contributed by atoms with Crippen molar-refractivity contribution in [2.75, 3.05) is 14.2 Å². The molecule has 32 heavy (non-hydrogen) atoms. The molecule has 6 nitrogen and oxygen atoms in total. The lowest BCUT2D eigenvalue weighted by Gasteiger charge is -2.15. The van der Waals surface area contributed by atoms with Crippen molar-refractivity contribution in [2.45, 2.75) is 19.2 Å². The summed E-state index contributed by atoms with van der Waals surface area (Å²) in [5.41, 5.74) is 2.97. The Balaban J connectivity index is 1.71. The van der Waals surface area contributed by atoms with Crippen LogP contribution in [0.5, 0.6) is 11.5 Å². The van der Waals surface area contributed by atoms with Gasteiger partial charge in [-0.1, -0.05) is 35.9 Å².